The second-order valence-corrected chi connectivity index (χ2v) is 4.77. The number of nitriles is 1. The summed E-state index contributed by atoms with van der Waals surface area (Å²) in [5, 5.41) is 8.85. The van der Waals surface area contributed by atoms with Crippen molar-refractivity contribution in [3.63, 3.8) is 0 Å². The van der Waals surface area contributed by atoms with Crippen molar-refractivity contribution in [3.8, 4) is 6.07 Å². The predicted molar refractivity (Wildman–Crippen MR) is 74.4 cm³/mol. The molecule has 0 aliphatic heterocycles. The Balaban J connectivity index is 2.19. The summed E-state index contributed by atoms with van der Waals surface area (Å²) in [5.74, 6) is 0.414. The zero-order valence-electron chi connectivity index (χ0n) is 11.4. The van der Waals surface area contributed by atoms with Crippen LogP contribution in [-0.2, 0) is 13.0 Å². The normalized spacial score (nSPS) is 12.1. The molecule has 0 saturated heterocycles. The topological polar surface area (TPSA) is 67.6 Å². The molecule has 0 radical (unpaired) electrons. The summed E-state index contributed by atoms with van der Waals surface area (Å²) < 4.78 is 15.3. The van der Waals surface area contributed by atoms with Gasteiger partial charge in [-0.15, -0.1) is 0 Å². The van der Waals surface area contributed by atoms with Gasteiger partial charge >= 0.3 is 0 Å². The molecular formula is C15H17FN4. The number of nitrogens with zero attached hydrogens (tertiary/aromatic N) is 3. The van der Waals surface area contributed by atoms with Crippen LogP contribution in [0.15, 0.2) is 30.6 Å². The van der Waals surface area contributed by atoms with Crippen molar-refractivity contribution in [3.05, 3.63) is 53.4 Å². The molecule has 1 atom stereocenters. The number of halogens is 1. The van der Waals surface area contributed by atoms with Crippen LogP contribution < -0.4 is 5.73 Å². The maximum atomic E-state index is 13.3. The number of benzene rings is 1. The molecule has 0 aliphatic carbocycles. The maximum Gasteiger partial charge on any atom is 0.140 e. The molecule has 0 amide bonds. The molecule has 1 aromatic carbocycles. The van der Waals surface area contributed by atoms with Crippen LogP contribution in [0.25, 0.3) is 0 Å². The van der Waals surface area contributed by atoms with E-state index < -0.39 is 5.82 Å². The van der Waals surface area contributed by atoms with E-state index in [0.29, 0.717) is 13.0 Å². The maximum absolute atomic E-state index is 13.3. The standard InChI is InChI=1S/C15H17FN4/c1-2-13(18)8-15-19-5-6-20(15)10-11-3-4-14(16)12(7-11)9-17/h3-7,13H,2,8,10,18H2,1H3. The number of imidazole rings is 1. The van der Waals surface area contributed by atoms with E-state index in [2.05, 4.69) is 4.98 Å². The lowest BCUT2D eigenvalue weighted by molar-refractivity contribution is 0.596. The summed E-state index contributed by atoms with van der Waals surface area (Å²) in [6, 6.07) is 6.50. The molecule has 2 rings (SSSR count). The van der Waals surface area contributed by atoms with Crippen molar-refractivity contribution in [2.45, 2.75) is 32.4 Å². The second kappa shape index (κ2) is 6.31. The minimum atomic E-state index is -0.491. The van der Waals surface area contributed by atoms with Crippen molar-refractivity contribution in [2.75, 3.05) is 0 Å². The van der Waals surface area contributed by atoms with E-state index in [4.69, 9.17) is 11.0 Å². The quantitative estimate of drug-likeness (QED) is 0.907. The fraction of sp³-hybridized carbons (Fsp3) is 0.333. The Hall–Kier alpha value is -2.19. The minimum absolute atomic E-state index is 0.0643. The van der Waals surface area contributed by atoms with E-state index in [1.165, 1.54) is 6.07 Å². The number of nitrogens with two attached hydrogens (primary N) is 1. The molecule has 4 nitrogen and oxygen atoms in total. The van der Waals surface area contributed by atoms with Crippen LogP contribution >= 0.6 is 0 Å². The Morgan fingerprint density at radius 1 is 1.50 bits per heavy atom. The van der Waals surface area contributed by atoms with Gasteiger partial charge in [0, 0.05) is 31.4 Å². The van der Waals surface area contributed by atoms with E-state index in [-0.39, 0.29) is 11.6 Å². The largest absolute Gasteiger partial charge is 0.330 e. The Bertz CT molecular complexity index is 627. The van der Waals surface area contributed by atoms with E-state index in [0.717, 1.165) is 17.8 Å². The summed E-state index contributed by atoms with van der Waals surface area (Å²) >= 11 is 0. The summed E-state index contributed by atoms with van der Waals surface area (Å²) in [7, 11) is 0. The SMILES string of the molecule is CCC(N)Cc1nccn1Cc1ccc(F)c(C#N)c1. The van der Waals surface area contributed by atoms with Gasteiger partial charge in [0.15, 0.2) is 0 Å². The smallest absolute Gasteiger partial charge is 0.140 e. The third-order valence-electron chi connectivity index (χ3n) is 3.27. The van der Waals surface area contributed by atoms with Gasteiger partial charge in [-0.25, -0.2) is 9.37 Å². The van der Waals surface area contributed by atoms with Crippen molar-refractivity contribution in [2.24, 2.45) is 5.73 Å². The van der Waals surface area contributed by atoms with Crippen molar-refractivity contribution >= 4 is 0 Å². The molecule has 1 aromatic heterocycles. The number of aromatic nitrogens is 2. The molecule has 0 aliphatic rings. The molecule has 1 unspecified atom stereocenters. The van der Waals surface area contributed by atoms with E-state index >= 15 is 0 Å². The minimum Gasteiger partial charge on any atom is -0.330 e. The molecule has 5 heteroatoms. The van der Waals surface area contributed by atoms with Crippen LogP contribution in [0.2, 0.25) is 0 Å². The molecule has 0 spiro atoms. The van der Waals surface area contributed by atoms with Gasteiger partial charge in [-0.2, -0.15) is 5.26 Å². The Morgan fingerprint density at radius 3 is 3.00 bits per heavy atom. The molecule has 2 aromatic rings. The average molecular weight is 272 g/mol. The molecule has 0 bridgehead atoms. The Labute approximate surface area is 117 Å². The predicted octanol–water partition coefficient (Wildman–Crippen LogP) is 2.22. The summed E-state index contributed by atoms with van der Waals surface area (Å²) in [6.07, 6.45) is 5.19. The van der Waals surface area contributed by atoms with Gasteiger partial charge in [0.25, 0.3) is 0 Å². The van der Waals surface area contributed by atoms with Gasteiger partial charge in [-0.05, 0) is 24.1 Å². The van der Waals surface area contributed by atoms with Gasteiger partial charge in [-0.1, -0.05) is 13.0 Å². The highest BCUT2D eigenvalue weighted by molar-refractivity contribution is 5.34. The zero-order chi connectivity index (χ0) is 14.5. The molecular weight excluding hydrogens is 255 g/mol. The third-order valence-corrected chi connectivity index (χ3v) is 3.27. The van der Waals surface area contributed by atoms with Gasteiger partial charge < -0.3 is 10.3 Å². The lowest BCUT2D eigenvalue weighted by Gasteiger charge is -2.11. The lowest BCUT2D eigenvalue weighted by atomic mass is 10.1. The van der Waals surface area contributed by atoms with E-state index in [9.17, 15) is 4.39 Å². The van der Waals surface area contributed by atoms with Crippen LogP contribution in [-0.4, -0.2) is 15.6 Å². The van der Waals surface area contributed by atoms with Crippen molar-refractivity contribution in [1.29, 1.82) is 5.26 Å². The first-order chi connectivity index (χ1) is 9.63. The third kappa shape index (κ3) is 3.22. The van der Waals surface area contributed by atoms with Crippen LogP contribution in [0.4, 0.5) is 4.39 Å². The highest BCUT2D eigenvalue weighted by Gasteiger charge is 2.09. The fourth-order valence-corrected chi connectivity index (χ4v) is 2.01. The van der Waals surface area contributed by atoms with Crippen LogP contribution in [0.3, 0.4) is 0 Å². The van der Waals surface area contributed by atoms with Gasteiger partial charge in [-0.3, -0.25) is 0 Å². The summed E-state index contributed by atoms with van der Waals surface area (Å²) in [5.41, 5.74) is 6.88. The van der Waals surface area contributed by atoms with E-state index in [1.807, 2.05) is 23.8 Å². The molecule has 104 valence electrons. The number of rotatable bonds is 5. The zero-order valence-corrected chi connectivity index (χ0v) is 11.4. The first-order valence-electron chi connectivity index (χ1n) is 6.58. The van der Waals surface area contributed by atoms with Gasteiger partial charge in [0.1, 0.15) is 17.7 Å². The van der Waals surface area contributed by atoms with Crippen molar-refractivity contribution < 1.29 is 4.39 Å². The Kier molecular flexibility index (Phi) is 4.49. The first kappa shape index (κ1) is 14.2. The first-order valence-corrected chi connectivity index (χ1v) is 6.58. The molecule has 2 N–H and O–H groups in total. The molecule has 0 saturated carbocycles. The van der Waals surface area contributed by atoms with Crippen molar-refractivity contribution in [1.82, 2.24) is 9.55 Å². The highest BCUT2D eigenvalue weighted by Crippen LogP contribution is 2.12. The number of hydrogen-bond donors (Lipinski definition) is 1. The fourth-order valence-electron chi connectivity index (χ4n) is 2.01. The summed E-state index contributed by atoms with van der Waals surface area (Å²) in [6.45, 7) is 2.60. The molecule has 20 heavy (non-hydrogen) atoms. The number of hydrogen-bond acceptors (Lipinski definition) is 3. The van der Waals surface area contributed by atoms with Crippen LogP contribution in [0.5, 0.6) is 0 Å². The summed E-state index contributed by atoms with van der Waals surface area (Å²) in [4.78, 5) is 4.30. The monoisotopic (exact) mass is 272 g/mol. The Morgan fingerprint density at radius 2 is 2.30 bits per heavy atom. The second-order valence-electron chi connectivity index (χ2n) is 4.77. The van der Waals surface area contributed by atoms with Crippen LogP contribution in [0, 0.1) is 17.1 Å². The van der Waals surface area contributed by atoms with Gasteiger partial charge in [0.05, 0.1) is 5.56 Å². The lowest BCUT2D eigenvalue weighted by Crippen LogP contribution is -2.23. The van der Waals surface area contributed by atoms with E-state index in [1.54, 1.807) is 18.3 Å². The van der Waals surface area contributed by atoms with Gasteiger partial charge in [0.2, 0.25) is 0 Å². The average Bonchev–Trinajstić information content (AvgIpc) is 2.88. The van der Waals surface area contributed by atoms with Crippen LogP contribution in [0.1, 0.15) is 30.3 Å². The molecule has 0 fully saturated rings. The molecule has 1 heterocycles. The highest BCUT2D eigenvalue weighted by atomic mass is 19.1.